The first-order valence-electron chi connectivity index (χ1n) is 3.99. The van der Waals surface area contributed by atoms with Crippen LogP contribution >= 0.6 is 0 Å². The van der Waals surface area contributed by atoms with Gasteiger partial charge < -0.3 is 4.74 Å². The standard InChI is InChI=1S/C11H16O/c1-6-8-10(7-2)11(12-5)9(3)4/h2,6,8-9,11H,1H2,3-5H3. The van der Waals surface area contributed by atoms with Crippen molar-refractivity contribution in [2.75, 3.05) is 7.11 Å². The molecule has 0 aromatic carbocycles. The summed E-state index contributed by atoms with van der Waals surface area (Å²) in [5.74, 6) is 2.99. The fourth-order valence-electron chi connectivity index (χ4n) is 1.11. The molecule has 0 spiro atoms. The zero-order valence-corrected chi connectivity index (χ0v) is 8.00. The van der Waals surface area contributed by atoms with Gasteiger partial charge in [0.2, 0.25) is 0 Å². The molecule has 0 rings (SSSR count). The number of ether oxygens (including phenoxy) is 1. The quantitative estimate of drug-likeness (QED) is 0.458. The van der Waals surface area contributed by atoms with E-state index >= 15 is 0 Å². The van der Waals surface area contributed by atoms with Gasteiger partial charge in [-0.15, -0.1) is 6.42 Å². The highest BCUT2D eigenvalue weighted by molar-refractivity contribution is 5.32. The molecule has 66 valence electrons. The molecule has 1 unspecified atom stereocenters. The number of allylic oxidation sites excluding steroid dienone is 2. The van der Waals surface area contributed by atoms with E-state index in [4.69, 9.17) is 11.2 Å². The van der Waals surface area contributed by atoms with Crippen LogP contribution in [0.3, 0.4) is 0 Å². The van der Waals surface area contributed by atoms with E-state index < -0.39 is 0 Å². The molecule has 0 saturated heterocycles. The number of methoxy groups -OCH3 is 1. The lowest BCUT2D eigenvalue weighted by atomic mass is 9.99. The highest BCUT2D eigenvalue weighted by Gasteiger charge is 2.14. The molecule has 0 aliphatic rings. The summed E-state index contributed by atoms with van der Waals surface area (Å²) >= 11 is 0. The zero-order chi connectivity index (χ0) is 9.56. The third-order valence-corrected chi connectivity index (χ3v) is 1.63. The molecule has 1 nitrogen and oxygen atoms in total. The molecule has 0 aliphatic heterocycles. The second-order valence-corrected chi connectivity index (χ2v) is 2.90. The van der Waals surface area contributed by atoms with Crippen LogP contribution in [0.1, 0.15) is 13.8 Å². The molecule has 12 heavy (non-hydrogen) atoms. The normalized spacial score (nSPS) is 14.1. The van der Waals surface area contributed by atoms with Gasteiger partial charge in [-0.05, 0) is 12.0 Å². The van der Waals surface area contributed by atoms with Crippen molar-refractivity contribution in [2.24, 2.45) is 5.92 Å². The first-order chi connectivity index (χ1) is 5.67. The number of terminal acetylenes is 1. The Bertz CT molecular complexity index is 206. The molecule has 0 radical (unpaired) electrons. The van der Waals surface area contributed by atoms with Crippen molar-refractivity contribution >= 4 is 0 Å². The molecule has 0 saturated carbocycles. The van der Waals surface area contributed by atoms with E-state index in [1.807, 2.05) is 6.08 Å². The lowest BCUT2D eigenvalue weighted by Crippen LogP contribution is -2.19. The molecular weight excluding hydrogens is 148 g/mol. The van der Waals surface area contributed by atoms with Gasteiger partial charge in [-0.2, -0.15) is 0 Å². The topological polar surface area (TPSA) is 9.23 Å². The van der Waals surface area contributed by atoms with E-state index in [0.29, 0.717) is 5.92 Å². The number of hydrogen-bond acceptors (Lipinski definition) is 1. The summed E-state index contributed by atoms with van der Waals surface area (Å²) in [6, 6.07) is 0. The molecule has 1 heteroatoms. The van der Waals surface area contributed by atoms with Crippen LogP contribution in [0.5, 0.6) is 0 Å². The average molecular weight is 164 g/mol. The Hall–Kier alpha value is -1.00. The van der Waals surface area contributed by atoms with E-state index in [9.17, 15) is 0 Å². The second kappa shape index (κ2) is 5.62. The molecule has 0 aromatic rings. The van der Waals surface area contributed by atoms with Gasteiger partial charge in [0, 0.05) is 12.7 Å². The van der Waals surface area contributed by atoms with Gasteiger partial charge in [-0.25, -0.2) is 0 Å². The van der Waals surface area contributed by atoms with Crippen molar-refractivity contribution in [3.8, 4) is 12.3 Å². The Morgan fingerprint density at radius 3 is 2.42 bits per heavy atom. The molecule has 1 atom stereocenters. The minimum atomic E-state index is 0.00741. The maximum Gasteiger partial charge on any atom is 0.0921 e. The summed E-state index contributed by atoms with van der Waals surface area (Å²) < 4.78 is 5.26. The Kier molecular flexibility index (Phi) is 5.16. The average Bonchev–Trinajstić information content (AvgIpc) is 2.03. The minimum Gasteiger partial charge on any atom is -0.376 e. The van der Waals surface area contributed by atoms with Crippen molar-refractivity contribution < 1.29 is 4.74 Å². The summed E-state index contributed by atoms with van der Waals surface area (Å²) in [4.78, 5) is 0. The van der Waals surface area contributed by atoms with Crippen LogP contribution in [0.15, 0.2) is 24.3 Å². The van der Waals surface area contributed by atoms with E-state index in [1.54, 1.807) is 13.2 Å². The molecule has 0 bridgehead atoms. The maximum absolute atomic E-state index is 5.33. The van der Waals surface area contributed by atoms with Crippen LogP contribution in [0, 0.1) is 18.3 Å². The second-order valence-electron chi connectivity index (χ2n) is 2.90. The predicted molar refractivity (Wildman–Crippen MR) is 52.7 cm³/mol. The van der Waals surface area contributed by atoms with Gasteiger partial charge in [-0.3, -0.25) is 0 Å². The molecule has 0 amide bonds. The Labute approximate surface area is 75.1 Å². The van der Waals surface area contributed by atoms with Gasteiger partial charge in [0.1, 0.15) is 0 Å². The predicted octanol–water partition coefficient (Wildman–Crippen LogP) is 2.40. The fourth-order valence-corrected chi connectivity index (χ4v) is 1.11. The Balaban J connectivity index is 4.58. The van der Waals surface area contributed by atoms with E-state index in [0.717, 1.165) is 5.57 Å². The summed E-state index contributed by atoms with van der Waals surface area (Å²) in [5.41, 5.74) is 0.850. The summed E-state index contributed by atoms with van der Waals surface area (Å²) in [6.07, 6.45) is 8.83. The van der Waals surface area contributed by atoms with E-state index in [1.165, 1.54) is 0 Å². The maximum atomic E-state index is 5.33. The molecule has 0 N–H and O–H groups in total. The van der Waals surface area contributed by atoms with E-state index in [2.05, 4.69) is 26.3 Å². The lowest BCUT2D eigenvalue weighted by Gasteiger charge is -2.18. The van der Waals surface area contributed by atoms with Crippen molar-refractivity contribution in [3.63, 3.8) is 0 Å². The Morgan fingerprint density at radius 1 is 1.58 bits per heavy atom. The lowest BCUT2D eigenvalue weighted by molar-refractivity contribution is 0.0975. The van der Waals surface area contributed by atoms with Crippen LogP contribution < -0.4 is 0 Å². The van der Waals surface area contributed by atoms with Gasteiger partial charge >= 0.3 is 0 Å². The van der Waals surface area contributed by atoms with Gasteiger partial charge in [0.25, 0.3) is 0 Å². The third-order valence-electron chi connectivity index (χ3n) is 1.63. The van der Waals surface area contributed by atoms with Crippen LogP contribution in [0.25, 0.3) is 0 Å². The van der Waals surface area contributed by atoms with Crippen LogP contribution in [0.2, 0.25) is 0 Å². The number of hydrogen-bond donors (Lipinski definition) is 0. The van der Waals surface area contributed by atoms with Crippen molar-refractivity contribution in [1.29, 1.82) is 0 Å². The molecule has 0 heterocycles. The Morgan fingerprint density at radius 2 is 2.17 bits per heavy atom. The largest absolute Gasteiger partial charge is 0.376 e. The first-order valence-corrected chi connectivity index (χ1v) is 3.99. The molecular formula is C11H16O. The van der Waals surface area contributed by atoms with Crippen LogP contribution in [-0.2, 0) is 4.74 Å². The smallest absolute Gasteiger partial charge is 0.0921 e. The summed E-state index contributed by atoms with van der Waals surface area (Å²) in [7, 11) is 1.67. The fraction of sp³-hybridized carbons (Fsp3) is 0.455. The molecule has 0 aromatic heterocycles. The van der Waals surface area contributed by atoms with Crippen LogP contribution in [0.4, 0.5) is 0 Å². The van der Waals surface area contributed by atoms with Crippen molar-refractivity contribution in [2.45, 2.75) is 20.0 Å². The van der Waals surface area contributed by atoms with Gasteiger partial charge in [0.05, 0.1) is 6.10 Å². The van der Waals surface area contributed by atoms with Gasteiger partial charge in [0.15, 0.2) is 0 Å². The first kappa shape index (κ1) is 11.0. The summed E-state index contributed by atoms with van der Waals surface area (Å²) in [5, 5.41) is 0. The minimum absolute atomic E-state index is 0.00741. The highest BCUT2D eigenvalue weighted by atomic mass is 16.5. The highest BCUT2D eigenvalue weighted by Crippen LogP contribution is 2.14. The van der Waals surface area contributed by atoms with Crippen molar-refractivity contribution in [1.82, 2.24) is 0 Å². The summed E-state index contributed by atoms with van der Waals surface area (Å²) in [6.45, 7) is 7.74. The molecule has 0 aliphatic carbocycles. The number of rotatable bonds is 4. The zero-order valence-electron chi connectivity index (χ0n) is 8.00. The van der Waals surface area contributed by atoms with E-state index in [-0.39, 0.29) is 6.10 Å². The monoisotopic (exact) mass is 164 g/mol. The third kappa shape index (κ3) is 2.94. The van der Waals surface area contributed by atoms with Crippen LogP contribution in [-0.4, -0.2) is 13.2 Å². The van der Waals surface area contributed by atoms with Crippen molar-refractivity contribution in [3.05, 3.63) is 24.3 Å². The molecule has 0 fully saturated rings. The SMILES string of the molecule is C#CC(=CC=C)C(OC)C(C)C. The van der Waals surface area contributed by atoms with Gasteiger partial charge in [-0.1, -0.05) is 32.4 Å².